The second-order valence-corrected chi connectivity index (χ2v) is 5.83. The molecule has 1 aliphatic carbocycles. The number of nitrogens with two attached hydrogens (primary N) is 1. The van der Waals surface area contributed by atoms with Gasteiger partial charge in [-0.2, -0.15) is 5.10 Å². The molecule has 0 spiro atoms. The monoisotopic (exact) mass is 328 g/mol. The van der Waals surface area contributed by atoms with Gasteiger partial charge in [0, 0.05) is 23.7 Å². The van der Waals surface area contributed by atoms with E-state index in [1.807, 2.05) is 6.07 Å². The van der Waals surface area contributed by atoms with E-state index in [0.29, 0.717) is 17.6 Å². The minimum atomic E-state index is -0.611. The Balaban J connectivity index is 1.64. The molecule has 1 saturated carbocycles. The second-order valence-electron chi connectivity index (χ2n) is 5.83. The Morgan fingerprint density at radius 2 is 2.21 bits per heavy atom. The summed E-state index contributed by atoms with van der Waals surface area (Å²) >= 11 is 0. The molecule has 1 fully saturated rings. The third kappa shape index (κ3) is 3.43. The molecule has 8 nitrogen and oxygen atoms in total. The van der Waals surface area contributed by atoms with E-state index in [9.17, 15) is 14.9 Å². The van der Waals surface area contributed by atoms with Crippen LogP contribution in [-0.2, 0) is 0 Å². The van der Waals surface area contributed by atoms with Crippen LogP contribution in [0.3, 0.4) is 0 Å². The average Bonchev–Trinajstić information content (AvgIpc) is 3.08. The summed E-state index contributed by atoms with van der Waals surface area (Å²) in [7, 11) is 0. The molecule has 124 valence electrons. The van der Waals surface area contributed by atoms with Crippen molar-refractivity contribution >= 4 is 23.5 Å². The molecule has 0 saturated heterocycles. The second kappa shape index (κ2) is 6.15. The largest absolute Gasteiger partial charge is 0.460 e. The van der Waals surface area contributed by atoms with Gasteiger partial charge in [-0.3, -0.25) is 14.9 Å². The minimum absolute atomic E-state index is 0.0609. The fourth-order valence-electron chi connectivity index (χ4n) is 2.45. The van der Waals surface area contributed by atoms with Crippen molar-refractivity contribution in [2.75, 3.05) is 5.73 Å². The predicted molar refractivity (Wildman–Crippen MR) is 87.8 cm³/mol. The number of benzene rings is 1. The quantitative estimate of drug-likeness (QED) is 0.378. The first kappa shape index (κ1) is 15.7. The highest BCUT2D eigenvalue weighted by atomic mass is 16.6. The van der Waals surface area contributed by atoms with E-state index in [-0.39, 0.29) is 16.9 Å². The molecule has 1 aromatic heterocycles. The molecule has 0 radical (unpaired) electrons. The molecule has 1 heterocycles. The molecule has 8 heteroatoms. The van der Waals surface area contributed by atoms with Gasteiger partial charge in [-0.05, 0) is 30.5 Å². The third-order valence-corrected chi connectivity index (χ3v) is 3.89. The summed E-state index contributed by atoms with van der Waals surface area (Å²) in [6.45, 7) is 2.16. The van der Waals surface area contributed by atoms with Gasteiger partial charge in [0.15, 0.2) is 0 Å². The lowest BCUT2D eigenvalue weighted by Gasteiger charge is -2.01. The van der Waals surface area contributed by atoms with Gasteiger partial charge in [-0.25, -0.2) is 5.43 Å². The normalized spacial score (nSPS) is 19.4. The predicted octanol–water partition coefficient (Wildman–Crippen LogP) is 2.66. The van der Waals surface area contributed by atoms with E-state index in [2.05, 4.69) is 17.5 Å². The number of hydrogen-bond donors (Lipinski definition) is 2. The molecule has 1 amide bonds. The number of furan rings is 1. The van der Waals surface area contributed by atoms with Gasteiger partial charge in [-0.15, -0.1) is 0 Å². The van der Waals surface area contributed by atoms with Gasteiger partial charge >= 0.3 is 0 Å². The van der Waals surface area contributed by atoms with Gasteiger partial charge in [0.1, 0.15) is 11.5 Å². The van der Waals surface area contributed by atoms with E-state index >= 15 is 0 Å². The van der Waals surface area contributed by atoms with Crippen molar-refractivity contribution in [1.82, 2.24) is 5.43 Å². The van der Waals surface area contributed by atoms with E-state index in [1.54, 1.807) is 6.07 Å². The van der Waals surface area contributed by atoms with Crippen LogP contribution in [-0.4, -0.2) is 17.0 Å². The van der Waals surface area contributed by atoms with Crippen LogP contribution in [0.2, 0.25) is 0 Å². The van der Waals surface area contributed by atoms with Crippen LogP contribution in [0, 0.1) is 16.0 Å². The molecule has 0 unspecified atom stereocenters. The number of non-ortho nitro benzene ring substituents is 1. The SMILES string of the molecule is C[C@@H]1C[C@H]1c1ccc(/C=N\NC(=O)c2cc(N)cc([N+](=O)[O-])c2)o1. The summed E-state index contributed by atoms with van der Waals surface area (Å²) in [5.41, 5.74) is 7.80. The number of carbonyl (C=O) groups excluding carboxylic acids is 1. The Morgan fingerprint density at radius 3 is 2.88 bits per heavy atom. The smallest absolute Gasteiger partial charge is 0.272 e. The number of amides is 1. The maximum atomic E-state index is 12.0. The van der Waals surface area contributed by atoms with Crippen LogP contribution in [0.5, 0.6) is 0 Å². The van der Waals surface area contributed by atoms with Crippen LogP contribution in [0.4, 0.5) is 11.4 Å². The zero-order valence-electron chi connectivity index (χ0n) is 12.9. The summed E-state index contributed by atoms with van der Waals surface area (Å²) < 4.78 is 5.63. The zero-order chi connectivity index (χ0) is 17.3. The number of anilines is 1. The number of nitro benzene ring substituents is 1. The van der Waals surface area contributed by atoms with Gasteiger partial charge in [0.25, 0.3) is 11.6 Å². The van der Waals surface area contributed by atoms with E-state index in [4.69, 9.17) is 10.2 Å². The van der Waals surface area contributed by atoms with E-state index in [0.717, 1.165) is 18.2 Å². The Hall–Kier alpha value is -3.16. The minimum Gasteiger partial charge on any atom is -0.460 e. The number of nitrogens with one attached hydrogen (secondary N) is 1. The highest BCUT2D eigenvalue weighted by molar-refractivity contribution is 5.96. The first-order chi connectivity index (χ1) is 11.4. The van der Waals surface area contributed by atoms with Crippen LogP contribution in [0.15, 0.2) is 39.9 Å². The Kier molecular flexibility index (Phi) is 4.03. The average molecular weight is 328 g/mol. The summed E-state index contributed by atoms with van der Waals surface area (Å²) in [6.07, 6.45) is 2.50. The molecule has 3 N–H and O–H groups in total. The molecular weight excluding hydrogens is 312 g/mol. The Morgan fingerprint density at radius 1 is 1.46 bits per heavy atom. The van der Waals surface area contributed by atoms with Gasteiger partial charge in [0.2, 0.25) is 0 Å². The van der Waals surface area contributed by atoms with Crippen LogP contribution >= 0.6 is 0 Å². The number of hydrazone groups is 1. The van der Waals surface area contributed by atoms with Crippen molar-refractivity contribution in [3.8, 4) is 0 Å². The topological polar surface area (TPSA) is 124 Å². The number of nitrogens with zero attached hydrogens (tertiary/aromatic N) is 2. The summed E-state index contributed by atoms with van der Waals surface area (Å²) in [5, 5.41) is 14.6. The fraction of sp³-hybridized carbons (Fsp3) is 0.250. The third-order valence-electron chi connectivity index (χ3n) is 3.89. The van der Waals surface area contributed by atoms with Crippen molar-refractivity contribution in [3.63, 3.8) is 0 Å². The summed E-state index contributed by atoms with van der Waals surface area (Å²) in [5.74, 6) is 1.96. The van der Waals surface area contributed by atoms with E-state index in [1.165, 1.54) is 18.3 Å². The van der Waals surface area contributed by atoms with Crippen molar-refractivity contribution in [3.05, 3.63) is 57.5 Å². The first-order valence-electron chi connectivity index (χ1n) is 7.42. The number of nitrogen functional groups attached to an aromatic ring is 1. The molecule has 1 aliphatic rings. The van der Waals surface area contributed by atoms with Crippen molar-refractivity contribution in [2.45, 2.75) is 19.3 Å². The highest BCUT2D eigenvalue weighted by Crippen LogP contribution is 2.47. The van der Waals surface area contributed by atoms with Crippen LogP contribution in [0.1, 0.15) is 41.1 Å². The lowest BCUT2D eigenvalue weighted by atomic mass is 10.1. The first-order valence-corrected chi connectivity index (χ1v) is 7.42. The van der Waals surface area contributed by atoms with Gasteiger partial charge in [-0.1, -0.05) is 6.92 Å². The maximum absolute atomic E-state index is 12.0. The lowest BCUT2D eigenvalue weighted by molar-refractivity contribution is -0.384. The molecule has 0 bridgehead atoms. The Labute approximate surface area is 137 Å². The molecular formula is C16H16N4O4. The molecule has 24 heavy (non-hydrogen) atoms. The molecule has 3 rings (SSSR count). The maximum Gasteiger partial charge on any atom is 0.272 e. The van der Waals surface area contributed by atoms with Crippen molar-refractivity contribution in [2.24, 2.45) is 11.0 Å². The van der Waals surface area contributed by atoms with Crippen LogP contribution in [0.25, 0.3) is 0 Å². The number of carbonyl (C=O) groups is 1. The van der Waals surface area contributed by atoms with Gasteiger partial charge < -0.3 is 10.2 Å². The molecule has 1 aromatic carbocycles. The lowest BCUT2D eigenvalue weighted by Crippen LogP contribution is -2.18. The van der Waals surface area contributed by atoms with Crippen LogP contribution < -0.4 is 11.2 Å². The standard InChI is InChI=1S/C16H16N4O4/c1-9-4-14(9)15-3-2-13(24-15)8-18-19-16(21)10-5-11(17)7-12(6-10)20(22)23/h2-3,5-9,14H,4,17H2,1H3,(H,19,21)/b18-8-/t9-,14-/m1/s1. The molecule has 2 atom stereocenters. The van der Waals surface area contributed by atoms with Gasteiger partial charge in [0.05, 0.1) is 16.7 Å². The molecule has 2 aromatic rings. The fourth-order valence-corrected chi connectivity index (χ4v) is 2.45. The molecule has 0 aliphatic heterocycles. The number of nitro groups is 1. The van der Waals surface area contributed by atoms with Crippen molar-refractivity contribution in [1.29, 1.82) is 0 Å². The number of rotatable bonds is 5. The summed E-state index contributed by atoms with van der Waals surface area (Å²) in [4.78, 5) is 22.2. The zero-order valence-corrected chi connectivity index (χ0v) is 12.9. The summed E-state index contributed by atoms with van der Waals surface area (Å²) in [6, 6.07) is 7.35. The highest BCUT2D eigenvalue weighted by Gasteiger charge is 2.36. The van der Waals surface area contributed by atoms with E-state index < -0.39 is 10.8 Å². The Bertz CT molecular complexity index is 827. The number of hydrogen-bond acceptors (Lipinski definition) is 6. The van der Waals surface area contributed by atoms with Crippen molar-refractivity contribution < 1.29 is 14.1 Å².